The summed E-state index contributed by atoms with van der Waals surface area (Å²) in [5.41, 5.74) is 0. The molecule has 0 aromatic rings. The van der Waals surface area contributed by atoms with Crippen LogP contribution in [0, 0.1) is 23.7 Å². The van der Waals surface area contributed by atoms with Gasteiger partial charge >= 0.3 is 0 Å². The van der Waals surface area contributed by atoms with Crippen LogP contribution in [0.2, 0.25) is 0 Å². The molecule has 1 aliphatic carbocycles. The monoisotopic (exact) mass is 224 g/mol. The summed E-state index contributed by atoms with van der Waals surface area (Å²) in [6, 6.07) is 0. The van der Waals surface area contributed by atoms with E-state index in [1.807, 2.05) is 0 Å². The van der Waals surface area contributed by atoms with Gasteiger partial charge in [0.1, 0.15) is 0 Å². The molecule has 0 aromatic carbocycles. The Morgan fingerprint density at radius 1 is 1.00 bits per heavy atom. The quantitative estimate of drug-likeness (QED) is 0.466. The van der Waals surface area contributed by atoms with E-state index in [-0.39, 0.29) is 0 Å². The van der Waals surface area contributed by atoms with E-state index in [0.29, 0.717) is 0 Å². The first-order valence-electron chi connectivity index (χ1n) is 7.65. The molecule has 0 spiro atoms. The molecule has 3 unspecified atom stereocenters. The molecule has 0 radical (unpaired) electrons. The minimum absolute atomic E-state index is 0.900. The Hall–Kier alpha value is 0. The first-order chi connectivity index (χ1) is 7.65. The van der Waals surface area contributed by atoms with Gasteiger partial charge in [0.15, 0.2) is 0 Å². The highest BCUT2D eigenvalue weighted by molar-refractivity contribution is 4.84. The van der Waals surface area contributed by atoms with E-state index < -0.39 is 0 Å². The summed E-state index contributed by atoms with van der Waals surface area (Å²) in [5, 5.41) is 0. The molecule has 0 bridgehead atoms. The Kier molecular flexibility index (Phi) is 6.46. The fourth-order valence-electron chi connectivity index (χ4n) is 3.18. The third kappa shape index (κ3) is 4.47. The highest BCUT2D eigenvalue weighted by Gasteiger charge is 2.33. The lowest BCUT2D eigenvalue weighted by atomic mass is 9.64. The van der Waals surface area contributed by atoms with Crippen molar-refractivity contribution in [1.82, 2.24) is 0 Å². The number of unbranched alkanes of at least 4 members (excludes halogenated alkanes) is 2. The molecule has 1 aliphatic rings. The van der Waals surface area contributed by atoms with Crippen LogP contribution in [0.15, 0.2) is 0 Å². The summed E-state index contributed by atoms with van der Waals surface area (Å²) >= 11 is 0. The maximum Gasteiger partial charge on any atom is -0.0360 e. The van der Waals surface area contributed by atoms with Gasteiger partial charge in [0.2, 0.25) is 0 Å². The van der Waals surface area contributed by atoms with E-state index in [0.717, 1.165) is 23.7 Å². The van der Waals surface area contributed by atoms with Gasteiger partial charge < -0.3 is 0 Å². The molecule has 3 atom stereocenters. The topological polar surface area (TPSA) is 0 Å². The van der Waals surface area contributed by atoms with Crippen LogP contribution in [-0.4, -0.2) is 0 Å². The zero-order chi connectivity index (χ0) is 12.0. The second-order valence-electron chi connectivity index (χ2n) is 6.45. The Balaban J connectivity index is 2.15. The summed E-state index contributed by atoms with van der Waals surface area (Å²) < 4.78 is 0. The van der Waals surface area contributed by atoms with Crippen molar-refractivity contribution in [3.8, 4) is 0 Å². The van der Waals surface area contributed by atoms with Crippen LogP contribution >= 0.6 is 0 Å². The third-order valence-corrected chi connectivity index (χ3v) is 4.59. The van der Waals surface area contributed by atoms with Crippen molar-refractivity contribution in [2.24, 2.45) is 23.7 Å². The van der Waals surface area contributed by atoms with E-state index in [4.69, 9.17) is 0 Å². The summed E-state index contributed by atoms with van der Waals surface area (Å²) in [6.45, 7) is 9.53. The predicted octanol–water partition coefficient (Wildman–Crippen LogP) is 5.67. The summed E-state index contributed by atoms with van der Waals surface area (Å²) in [6.07, 6.45) is 11.7. The smallest absolute Gasteiger partial charge is 0.0360 e. The maximum atomic E-state index is 2.50. The molecule has 0 saturated heterocycles. The highest BCUT2D eigenvalue weighted by Crippen LogP contribution is 2.44. The van der Waals surface area contributed by atoms with Crippen molar-refractivity contribution in [3.05, 3.63) is 0 Å². The van der Waals surface area contributed by atoms with Gasteiger partial charge in [0.05, 0.1) is 0 Å². The molecule has 0 aromatic heterocycles. The molecule has 0 heteroatoms. The van der Waals surface area contributed by atoms with E-state index in [1.165, 1.54) is 51.4 Å². The normalized spacial score (nSPS) is 26.8. The number of hydrogen-bond donors (Lipinski definition) is 0. The van der Waals surface area contributed by atoms with Crippen LogP contribution in [0.5, 0.6) is 0 Å². The number of hydrogen-bond acceptors (Lipinski definition) is 0. The Labute approximate surface area is 103 Å². The molecule has 1 fully saturated rings. The minimum atomic E-state index is 0.900. The van der Waals surface area contributed by atoms with Crippen LogP contribution in [0.3, 0.4) is 0 Å². The second-order valence-corrected chi connectivity index (χ2v) is 6.45. The van der Waals surface area contributed by atoms with Gasteiger partial charge in [-0.1, -0.05) is 59.8 Å². The van der Waals surface area contributed by atoms with E-state index in [1.54, 1.807) is 0 Å². The zero-order valence-electron chi connectivity index (χ0n) is 12.0. The van der Waals surface area contributed by atoms with Crippen molar-refractivity contribution in [3.63, 3.8) is 0 Å². The zero-order valence-corrected chi connectivity index (χ0v) is 12.0. The SMILES string of the molecule is CCCCCC(C)C1CCC1CCC(C)C. The van der Waals surface area contributed by atoms with Gasteiger partial charge in [-0.05, 0) is 42.9 Å². The van der Waals surface area contributed by atoms with Crippen LogP contribution in [0.1, 0.15) is 79.1 Å². The summed E-state index contributed by atoms with van der Waals surface area (Å²) in [7, 11) is 0. The van der Waals surface area contributed by atoms with E-state index in [9.17, 15) is 0 Å². The van der Waals surface area contributed by atoms with Crippen molar-refractivity contribution < 1.29 is 0 Å². The largest absolute Gasteiger partial charge is 0.0654 e. The van der Waals surface area contributed by atoms with Crippen LogP contribution in [0.4, 0.5) is 0 Å². The average Bonchev–Trinajstić information content (AvgIpc) is 2.16. The van der Waals surface area contributed by atoms with Crippen molar-refractivity contribution in [1.29, 1.82) is 0 Å². The fraction of sp³-hybridized carbons (Fsp3) is 1.00. The first-order valence-corrected chi connectivity index (χ1v) is 7.65. The van der Waals surface area contributed by atoms with Crippen molar-refractivity contribution in [2.75, 3.05) is 0 Å². The lowest BCUT2D eigenvalue weighted by molar-refractivity contribution is 0.0928. The van der Waals surface area contributed by atoms with E-state index >= 15 is 0 Å². The predicted molar refractivity (Wildman–Crippen MR) is 73.6 cm³/mol. The van der Waals surface area contributed by atoms with Crippen LogP contribution in [-0.2, 0) is 0 Å². The highest BCUT2D eigenvalue weighted by atomic mass is 14.4. The standard InChI is InChI=1S/C16H32/c1-5-6-7-8-14(4)16-12-11-15(16)10-9-13(2)3/h13-16H,5-12H2,1-4H3. The molecule has 1 saturated carbocycles. The first kappa shape index (κ1) is 14.1. The van der Waals surface area contributed by atoms with Gasteiger partial charge in [0.25, 0.3) is 0 Å². The van der Waals surface area contributed by atoms with Crippen molar-refractivity contribution in [2.45, 2.75) is 79.1 Å². The molecule has 0 aliphatic heterocycles. The fourth-order valence-corrected chi connectivity index (χ4v) is 3.18. The minimum Gasteiger partial charge on any atom is -0.0654 e. The van der Waals surface area contributed by atoms with Gasteiger partial charge in [-0.25, -0.2) is 0 Å². The molecule has 0 heterocycles. The lowest BCUT2D eigenvalue weighted by Crippen LogP contribution is -2.31. The molecule has 16 heavy (non-hydrogen) atoms. The van der Waals surface area contributed by atoms with Gasteiger partial charge in [-0.3, -0.25) is 0 Å². The second kappa shape index (κ2) is 7.35. The Morgan fingerprint density at radius 3 is 2.25 bits per heavy atom. The Morgan fingerprint density at radius 2 is 1.75 bits per heavy atom. The lowest BCUT2D eigenvalue weighted by Gasteiger charge is -2.41. The van der Waals surface area contributed by atoms with Gasteiger partial charge in [0, 0.05) is 0 Å². The molecule has 96 valence electrons. The van der Waals surface area contributed by atoms with E-state index in [2.05, 4.69) is 27.7 Å². The van der Waals surface area contributed by atoms with Crippen LogP contribution < -0.4 is 0 Å². The average molecular weight is 224 g/mol. The number of rotatable bonds is 8. The summed E-state index contributed by atoms with van der Waals surface area (Å²) in [5.74, 6) is 4.06. The third-order valence-electron chi connectivity index (χ3n) is 4.59. The molecule has 0 amide bonds. The van der Waals surface area contributed by atoms with Gasteiger partial charge in [-0.2, -0.15) is 0 Å². The molecule has 1 rings (SSSR count). The summed E-state index contributed by atoms with van der Waals surface area (Å²) in [4.78, 5) is 0. The molecule has 0 nitrogen and oxygen atoms in total. The Bertz CT molecular complexity index is 171. The molecular formula is C16H32. The molecular weight excluding hydrogens is 192 g/mol. The molecule has 0 N–H and O–H groups in total. The van der Waals surface area contributed by atoms with Crippen LogP contribution in [0.25, 0.3) is 0 Å². The van der Waals surface area contributed by atoms with Crippen molar-refractivity contribution >= 4 is 0 Å². The maximum absolute atomic E-state index is 2.50. The van der Waals surface area contributed by atoms with Gasteiger partial charge in [-0.15, -0.1) is 0 Å².